The van der Waals surface area contributed by atoms with E-state index in [1.807, 2.05) is 13.0 Å². The third-order valence-corrected chi connectivity index (χ3v) is 7.08. The van der Waals surface area contributed by atoms with E-state index in [1.54, 1.807) is 11.8 Å². The molecule has 0 spiro atoms. The Hall–Kier alpha value is -0.820. The van der Waals surface area contributed by atoms with Gasteiger partial charge >= 0.3 is 0 Å². The number of aliphatic hydroxyl groups is 2. The molecule has 3 unspecified atom stereocenters. The summed E-state index contributed by atoms with van der Waals surface area (Å²) >= 11 is 8.29. The van der Waals surface area contributed by atoms with Gasteiger partial charge in [-0.2, -0.15) is 0 Å². The van der Waals surface area contributed by atoms with Crippen LogP contribution >= 0.6 is 23.4 Å². The van der Waals surface area contributed by atoms with Crippen LogP contribution < -0.4 is 0 Å². The van der Waals surface area contributed by atoms with E-state index in [9.17, 15) is 10.2 Å². The molecule has 2 saturated heterocycles. The van der Waals surface area contributed by atoms with Gasteiger partial charge in [0.05, 0.1) is 24.9 Å². The molecule has 2 aliphatic heterocycles. The van der Waals surface area contributed by atoms with E-state index in [2.05, 4.69) is 35.5 Å². The molecule has 166 valence electrons. The minimum absolute atomic E-state index is 0.00757. The standard InChI is InChI=1S/C24H34ClNO3S/c1-17-11-20(28)15-24(29-17)22-13-18(23(25)14-19(22)16-27)12-21(30-2)7-3-4-8-26-9-5-6-10-26/h3-4,7,13-14,17,20,24,27-28H,5-6,8-12,15-16H2,1-2H3/b4-3+,21-7-. The first-order valence-electron chi connectivity index (χ1n) is 10.9. The zero-order valence-corrected chi connectivity index (χ0v) is 19.6. The van der Waals surface area contributed by atoms with Crippen LogP contribution in [0.5, 0.6) is 0 Å². The van der Waals surface area contributed by atoms with Gasteiger partial charge in [0.25, 0.3) is 0 Å². The second-order valence-corrected chi connectivity index (χ2v) is 9.65. The van der Waals surface area contributed by atoms with Crippen molar-refractivity contribution in [1.82, 2.24) is 4.90 Å². The van der Waals surface area contributed by atoms with Gasteiger partial charge in [-0.15, -0.1) is 11.8 Å². The first kappa shape index (κ1) is 23.8. The molecule has 30 heavy (non-hydrogen) atoms. The molecule has 0 amide bonds. The Kier molecular flexibility index (Phi) is 9.30. The van der Waals surface area contributed by atoms with Crippen LogP contribution in [0.4, 0.5) is 0 Å². The fourth-order valence-corrected chi connectivity index (χ4v) is 5.07. The molecule has 3 atom stereocenters. The Labute approximate surface area is 189 Å². The molecule has 0 saturated carbocycles. The third-order valence-electron chi connectivity index (χ3n) is 5.92. The monoisotopic (exact) mass is 451 g/mol. The van der Waals surface area contributed by atoms with Crippen LogP contribution in [-0.2, 0) is 17.8 Å². The Morgan fingerprint density at radius 2 is 2.03 bits per heavy atom. The number of benzene rings is 1. The summed E-state index contributed by atoms with van der Waals surface area (Å²) in [6.07, 6.45) is 12.6. The zero-order chi connectivity index (χ0) is 21.5. The molecule has 0 radical (unpaired) electrons. The maximum absolute atomic E-state index is 10.2. The molecule has 2 fully saturated rings. The summed E-state index contributed by atoms with van der Waals surface area (Å²) < 4.78 is 6.09. The average molecular weight is 452 g/mol. The van der Waals surface area contributed by atoms with Crippen LogP contribution in [0.2, 0.25) is 5.02 Å². The molecule has 4 nitrogen and oxygen atoms in total. The van der Waals surface area contributed by atoms with E-state index in [-0.39, 0.29) is 24.9 Å². The van der Waals surface area contributed by atoms with Crippen LogP contribution in [0.3, 0.4) is 0 Å². The lowest BCUT2D eigenvalue weighted by atomic mass is 9.91. The van der Waals surface area contributed by atoms with Crippen LogP contribution in [0, 0.1) is 0 Å². The summed E-state index contributed by atoms with van der Waals surface area (Å²) in [6.45, 7) is 5.30. The van der Waals surface area contributed by atoms with Gasteiger partial charge in [-0.25, -0.2) is 0 Å². The summed E-state index contributed by atoms with van der Waals surface area (Å²) in [4.78, 5) is 3.70. The molecule has 2 N–H and O–H groups in total. The number of likely N-dealkylation sites (tertiary alicyclic amines) is 1. The number of rotatable bonds is 8. The van der Waals surface area contributed by atoms with Crippen LogP contribution in [0.1, 0.15) is 55.4 Å². The van der Waals surface area contributed by atoms with Crippen molar-refractivity contribution in [3.63, 3.8) is 0 Å². The van der Waals surface area contributed by atoms with Crippen molar-refractivity contribution in [2.24, 2.45) is 0 Å². The maximum Gasteiger partial charge on any atom is 0.0856 e. The van der Waals surface area contributed by atoms with E-state index in [0.717, 1.165) is 29.7 Å². The first-order chi connectivity index (χ1) is 14.5. The number of aliphatic hydroxyl groups excluding tert-OH is 2. The quantitative estimate of drug-likeness (QED) is 0.552. The van der Waals surface area contributed by atoms with Gasteiger partial charge in [-0.3, -0.25) is 4.90 Å². The van der Waals surface area contributed by atoms with Crippen molar-refractivity contribution in [2.45, 2.75) is 63.9 Å². The molecular weight excluding hydrogens is 418 g/mol. The second-order valence-electron chi connectivity index (χ2n) is 8.31. The highest BCUT2D eigenvalue weighted by Gasteiger charge is 2.29. The predicted octanol–water partition coefficient (Wildman–Crippen LogP) is 4.87. The summed E-state index contributed by atoms with van der Waals surface area (Å²) in [5.41, 5.74) is 2.73. The summed E-state index contributed by atoms with van der Waals surface area (Å²) in [6, 6.07) is 3.91. The summed E-state index contributed by atoms with van der Waals surface area (Å²) in [7, 11) is 0. The number of hydrogen-bond donors (Lipinski definition) is 2. The molecule has 2 aliphatic rings. The number of thioether (sulfide) groups is 1. The molecule has 0 aromatic heterocycles. The largest absolute Gasteiger partial charge is 0.393 e. The molecule has 1 aromatic rings. The first-order valence-corrected chi connectivity index (χ1v) is 12.5. The Morgan fingerprint density at radius 3 is 2.70 bits per heavy atom. The van der Waals surface area contributed by atoms with Gasteiger partial charge in [-0.1, -0.05) is 35.9 Å². The predicted molar refractivity (Wildman–Crippen MR) is 126 cm³/mol. The third kappa shape index (κ3) is 6.59. The Balaban J connectivity index is 1.75. The van der Waals surface area contributed by atoms with Crippen molar-refractivity contribution in [1.29, 1.82) is 0 Å². The molecule has 6 heteroatoms. The lowest BCUT2D eigenvalue weighted by Gasteiger charge is -2.33. The molecule has 2 heterocycles. The van der Waals surface area contributed by atoms with E-state index in [0.29, 0.717) is 17.9 Å². The Morgan fingerprint density at radius 1 is 1.27 bits per heavy atom. The lowest BCUT2D eigenvalue weighted by molar-refractivity contribution is -0.0901. The van der Waals surface area contributed by atoms with Crippen molar-refractivity contribution >= 4 is 23.4 Å². The zero-order valence-electron chi connectivity index (χ0n) is 18.0. The Bertz CT molecular complexity index is 751. The SMILES string of the molecule is CS/C(=C\C=C\CN1CCCC1)Cc1cc(C2CC(O)CC(C)O2)c(CO)cc1Cl. The van der Waals surface area contributed by atoms with Gasteiger partial charge < -0.3 is 14.9 Å². The van der Waals surface area contributed by atoms with Crippen molar-refractivity contribution in [3.05, 3.63) is 57.0 Å². The van der Waals surface area contributed by atoms with Crippen molar-refractivity contribution in [2.75, 3.05) is 25.9 Å². The van der Waals surface area contributed by atoms with E-state index >= 15 is 0 Å². The minimum atomic E-state index is -0.383. The van der Waals surface area contributed by atoms with Gasteiger partial charge in [0.2, 0.25) is 0 Å². The fourth-order valence-electron chi connectivity index (χ4n) is 4.31. The molecular formula is C24H34ClNO3S. The topological polar surface area (TPSA) is 52.9 Å². The molecule has 0 bridgehead atoms. The summed E-state index contributed by atoms with van der Waals surface area (Å²) in [5, 5.41) is 20.7. The highest BCUT2D eigenvalue weighted by molar-refractivity contribution is 8.02. The number of nitrogens with zero attached hydrogens (tertiary/aromatic N) is 1. The van der Waals surface area contributed by atoms with Crippen LogP contribution in [-0.4, -0.2) is 53.2 Å². The fraction of sp³-hybridized carbons (Fsp3) is 0.583. The van der Waals surface area contributed by atoms with Gasteiger partial charge in [0.15, 0.2) is 0 Å². The van der Waals surface area contributed by atoms with Gasteiger partial charge in [0, 0.05) is 24.4 Å². The smallest absolute Gasteiger partial charge is 0.0856 e. The lowest BCUT2D eigenvalue weighted by Crippen LogP contribution is -2.30. The minimum Gasteiger partial charge on any atom is -0.393 e. The van der Waals surface area contributed by atoms with E-state index in [4.69, 9.17) is 16.3 Å². The second kappa shape index (κ2) is 11.7. The van der Waals surface area contributed by atoms with Crippen molar-refractivity contribution < 1.29 is 14.9 Å². The average Bonchev–Trinajstić information content (AvgIpc) is 3.23. The van der Waals surface area contributed by atoms with Gasteiger partial charge in [-0.05, 0) is 73.2 Å². The molecule has 3 rings (SSSR count). The molecule has 1 aromatic carbocycles. The molecule has 0 aliphatic carbocycles. The maximum atomic E-state index is 10.2. The highest BCUT2D eigenvalue weighted by atomic mass is 35.5. The van der Waals surface area contributed by atoms with Crippen molar-refractivity contribution in [3.8, 4) is 0 Å². The number of ether oxygens (including phenoxy) is 1. The van der Waals surface area contributed by atoms with Crippen LogP contribution in [0.15, 0.2) is 35.3 Å². The highest BCUT2D eigenvalue weighted by Crippen LogP contribution is 2.36. The number of hydrogen-bond acceptors (Lipinski definition) is 5. The normalized spacial score (nSPS) is 26.0. The van der Waals surface area contributed by atoms with Gasteiger partial charge in [0.1, 0.15) is 0 Å². The van der Waals surface area contributed by atoms with E-state index in [1.165, 1.54) is 30.8 Å². The van der Waals surface area contributed by atoms with Crippen LogP contribution in [0.25, 0.3) is 0 Å². The summed E-state index contributed by atoms with van der Waals surface area (Å²) in [5.74, 6) is 0. The number of allylic oxidation sites excluding steroid dienone is 3. The number of halogens is 1. The van der Waals surface area contributed by atoms with E-state index < -0.39 is 0 Å².